The first-order valence-electron chi connectivity index (χ1n) is 11.8. The van der Waals surface area contributed by atoms with Crippen LogP contribution in [-0.2, 0) is 9.59 Å². The average molecular weight is 467 g/mol. The van der Waals surface area contributed by atoms with Gasteiger partial charge in [0.2, 0.25) is 0 Å². The molecule has 1 N–H and O–H groups in total. The minimum atomic E-state index is -0.721. The number of ketones is 1. The summed E-state index contributed by atoms with van der Waals surface area (Å²) in [6.07, 6.45) is 0.713. The van der Waals surface area contributed by atoms with Crippen LogP contribution in [0.1, 0.15) is 44.4 Å². The molecular formula is C27H34N2O5. The van der Waals surface area contributed by atoms with E-state index >= 15 is 0 Å². The zero-order valence-electron chi connectivity index (χ0n) is 20.4. The van der Waals surface area contributed by atoms with Crippen molar-refractivity contribution in [2.24, 2.45) is 0 Å². The summed E-state index contributed by atoms with van der Waals surface area (Å²) in [6.45, 7) is 9.61. The second-order valence-corrected chi connectivity index (χ2v) is 8.08. The Morgan fingerprint density at radius 3 is 2.35 bits per heavy atom. The van der Waals surface area contributed by atoms with Gasteiger partial charge in [-0.05, 0) is 50.7 Å². The molecule has 0 aromatic heterocycles. The lowest BCUT2D eigenvalue weighted by Crippen LogP contribution is -2.33. The van der Waals surface area contributed by atoms with Crippen molar-refractivity contribution in [2.45, 2.75) is 33.2 Å². The van der Waals surface area contributed by atoms with Crippen LogP contribution in [0.25, 0.3) is 5.76 Å². The third-order valence-electron chi connectivity index (χ3n) is 6.16. The number of Topliss-reactive ketones (excluding diaryl/α,β-unsaturated/α-hetero) is 1. The molecule has 1 amide bonds. The predicted molar refractivity (Wildman–Crippen MR) is 132 cm³/mol. The second kappa shape index (κ2) is 11.7. The number of hydrogen-bond acceptors (Lipinski definition) is 6. The first-order valence-corrected chi connectivity index (χ1v) is 11.8. The Bertz CT molecular complexity index is 1030. The normalized spacial score (nSPS) is 17.4. The summed E-state index contributed by atoms with van der Waals surface area (Å²) < 4.78 is 11.1. The van der Waals surface area contributed by atoms with E-state index in [1.807, 2.05) is 19.1 Å². The van der Waals surface area contributed by atoms with E-state index in [1.54, 1.807) is 48.4 Å². The van der Waals surface area contributed by atoms with Crippen LogP contribution in [0.4, 0.5) is 0 Å². The molecule has 1 heterocycles. The monoisotopic (exact) mass is 466 g/mol. The van der Waals surface area contributed by atoms with Gasteiger partial charge in [0, 0.05) is 12.1 Å². The first-order chi connectivity index (χ1) is 16.5. The van der Waals surface area contributed by atoms with E-state index in [2.05, 4.69) is 18.7 Å². The van der Waals surface area contributed by atoms with Gasteiger partial charge in [-0.2, -0.15) is 0 Å². The number of amides is 1. The van der Waals surface area contributed by atoms with Crippen LogP contribution in [0.2, 0.25) is 0 Å². The number of ether oxygens (including phenoxy) is 2. The molecule has 0 radical (unpaired) electrons. The molecule has 0 saturated carbocycles. The smallest absolute Gasteiger partial charge is 0.295 e. The van der Waals surface area contributed by atoms with Gasteiger partial charge in [0.1, 0.15) is 5.76 Å². The highest BCUT2D eigenvalue weighted by molar-refractivity contribution is 6.46. The van der Waals surface area contributed by atoms with Crippen LogP contribution < -0.4 is 9.47 Å². The minimum Gasteiger partial charge on any atom is -0.507 e. The number of carbonyl (C=O) groups excluding carboxylic acids is 2. The van der Waals surface area contributed by atoms with Crippen molar-refractivity contribution in [2.75, 3.05) is 39.9 Å². The number of nitrogens with zero attached hydrogens (tertiary/aromatic N) is 2. The zero-order chi connectivity index (χ0) is 24.7. The molecule has 0 bridgehead atoms. The van der Waals surface area contributed by atoms with E-state index in [4.69, 9.17) is 9.47 Å². The topological polar surface area (TPSA) is 79.3 Å². The maximum atomic E-state index is 13.2. The van der Waals surface area contributed by atoms with E-state index in [-0.39, 0.29) is 11.3 Å². The fraction of sp³-hybridized carbons (Fsp3) is 0.407. The minimum absolute atomic E-state index is 0.0882. The van der Waals surface area contributed by atoms with E-state index in [0.717, 1.165) is 19.6 Å². The van der Waals surface area contributed by atoms with Gasteiger partial charge >= 0.3 is 0 Å². The summed E-state index contributed by atoms with van der Waals surface area (Å²) in [6, 6.07) is 13.5. The molecule has 2 aromatic rings. The van der Waals surface area contributed by atoms with Gasteiger partial charge in [-0.25, -0.2) is 0 Å². The maximum Gasteiger partial charge on any atom is 0.295 e. The lowest BCUT2D eigenvalue weighted by molar-refractivity contribution is -0.140. The maximum absolute atomic E-state index is 13.2. The second-order valence-electron chi connectivity index (χ2n) is 8.08. The van der Waals surface area contributed by atoms with Crippen LogP contribution >= 0.6 is 0 Å². The summed E-state index contributed by atoms with van der Waals surface area (Å²) in [5, 5.41) is 11.1. The third-order valence-corrected chi connectivity index (χ3v) is 6.16. The highest BCUT2D eigenvalue weighted by Crippen LogP contribution is 2.42. The van der Waals surface area contributed by atoms with Gasteiger partial charge in [0.15, 0.2) is 11.5 Å². The van der Waals surface area contributed by atoms with E-state index in [0.29, 0.717) is 42.2 Å². The number of likely N-dealkylation sites (tertiary alicyclic amines) is 1. The summed E-state index contributed by atoms with van der Waals surface area (Å²) in [5.41, 5.74) is 1.26. The largest absolute Gasteiger partial charge is 0.507 e. The quantitative estimate of drug-likeness (QED) is 0.303. The Balaban J connectivity index is 2.07. The fourth-order valence-electron chi connectivity index (χ4n) is 4.34. The zero-order valence-corrected chi connectivity index (χ0v) is 20.4. The molecule has 0 aliphatic carbocycles. The Hall–Kier alpha value is -3.32. The molecule has 1 aliphatic heterocycles. The van der Waals surface area contributed by atoms with E-state index < -0.39 is 17.7 Å². The Labute approximate surface area is 201 Å². The molecule has 0 spiro atoms. The molecule has 0 unspecified atom stereocenters. The molecule has 1 saturated heterocycles. The average Bonchev–Trinajstić information content (AvgIpc) is 3.12. The van der Waals surface area contributed by atoms with Crippen LogP contribution in [0.5, 0.6) is 11.5 Å². The van der Waals surface area contributed by atoms with Gasteiger partial charge in [0.25, 0.3) is 11.7 Å². The van der Waals surface area contributed by atoms with Gasteiger partial charge in [0.05, 0.1) is 25.3 Å². The number of rotatable bonds is 11. The van der Waals surface area contributed by atoms with Gasteiger partial charge in [-0.3, -0.25) is 9.59 Å². The number of aliphatic hydroxyl groups is 1. The summed E-state index contributed by atoms with van der Waals surface area (Å²) in [4.78, 5) is 30.1. The molecule has 1 atom stereocenters. The van der Waals surface area contributed by atoms with Crippen molar-refractivity contribution in [1.29, 1.82) is 0 Å². The number of methoxy groups -OCH3 is 1. The number of carbonyl (C=O) groups is 2. The molecule has 2 aromatic carbocycles. The Kier molecular flexibility index (Phi) is 8.71. The number of aliphatic hydroxyl groups excluding tert-OH is 1. The SMILES string of the molecule is CCOc1ccc([C@H]2C(=C(O)c3ccccc3)C(=O)C(=O)N2CCCN(CC)CC)cc1OC. The molecule has 1 aliphatic rings. The van der Waals surface area contributed by atoms with E-state index in [9.17, 15) is 14.7 Å². The highest BCUT2D eigenvalue weighted by atomic mass is 16.5. The molecule has 7 nitrogen and oxygen atoms in total. The van der Waals surface area contributed by atoms with Crippen molar-refractivity contribution in [1.82, 2.24) is 9.80 Å². The highest BCUT2D eigenvalue weighted by Gasteiger charge is 2.46. The van der Waals surface area contributed by atoms with Crippen molar-refractivity contribution >= 4 is 17.4 Å². The Morgan fingerprint density at radius 1 is 1.03 bits per heavy atom. The summed E-state index contributed by atoms with van der Waals surface area (Å²) >= 11 is 0. The van der Waals surface area contributed by atoms with E-state index in [1.165, 1.54) is 0 Å². The van der Waals surface area contributed by atoms with Crippen LogP contribution in [0, 0.1) is 0 Å². The standard InChI is InChI=1S/C27H34N2O5/c1-5-28(6-2)16-11-17-29-24(20-14-15-21(34-7-3)22(18-20)33-4)23(26(31)27(29)32)25(30)19-12-9-8-10-13-19/h8-10,12-15,18,24,30H,5-7,11,16-17H2,1-4H3/t24-/m0/s1. The number of hydrogen-bond donors (Lipinski definition) is 1. The first kappa shape index (κ1) is 25.3. The number of benzene rings is 2. The van der Waals surface area contributed by atoms with Gasteiger partial charge in [-0.1, -0.05) is 50.2 Å². The lowest BCUT2D eigenvalue weighted by Gasteiger charge is -2.27. The Morgan fingerprint density at radius 2 is 1.74 bits per heavy atom. The molecule has 182 valence electrons. The van der Waals surface area contributed by atoms with Crippen molar-refractivity contribution in [3.8, 4) is 11.5 Å². The van der Waals surface area contributed by atoms with Crippen LogP contribution in [0.15, 0.2) is 54.1 Å². The van der Waals surface area contributed by atoms with Crippen LogP contribution in [0.3, 0.4) is 0 Å². The van der Waals surface area contributed by atoms with Crippen molar-refractivity contribution < 1.29 is 24.2 Å². The molecule has 1 fully saturated rings. The van der Waals surface area contributed by atoms with Gasteiger partial charge < -0.3 is 24.4 Å². The molecule has 7 heteroatoms. The van der Waals surface area contributed by atoms with Crippen molar-refractivity contribution in [3.63, 3.8) is 0 Å². The molecule has 34 heavy (non-hydrogen) atoms. The van der Waals surface area contributed by atoms with Gasteiger partial charge in [-0.15, -0.1) is 0 Å². The lowest BCUT2D eigenvalue weighted by atomic mass is 9.95. The molecular weight excluding hydrogens is 432 g/mol. The van der Waals surface area contributed by atoms with Crippen LogP contribution in [-0.4, -0.2) is 66.5 Å². The summed E-state index contributed by atoms with van der Waals surface area (Å²) in [5.74, 6) is -0.372. The molecule has 3 rings (SSSR count). The third kappa shape index (κ3) is 5.25. The predicted octanol–water partition coefficient (Wildman–Crippen LogP) is 4.25. The summed E-state index contributed by atoms with van der Waals surface area (Å²) in [7, 11) is 1.55. The van der Waals surface area contributed by atoms with Crippen molar-refractivity contribution in [3.05, 3.63) is 65.2 Å². The fourth-order valence-corrected chi connectivity index (χ4v) is 4.34.